The molecule has 0 saturated carbocycles. The van der Waals surface area contributed by atoms with Gasteiger partial charge in [0, 0.05) is 18.5 Å². The Morgan fingerprint density at radius 1 is 1.17 bits per heavy atom. The summed E-state index contributed by atoms with van der Waals surface area (Å²) in [5.41, 5.74) is 4.47. The Morgan fingerprint density at radius 3 is 2.53 bits per heavy atom. The van der Waals surface area contributed by atoms with E-state index in [1.54, 1.807) is 11.1 Å². The predicted molar refractivity (Wildman–Crippen MR) is 122 cm³/mol. The molecule has 0 aromatic heterocycles. The second-order valence-electron chi connectivity index (χ2n) is 8.12. The van der Waals surface area contributed by atoms with Crippen LogP contribution in [0.1, 0.15) is 38.8 Å². The first-order valence-corrected chi connectivity index (χ1v) is 10.7. The number of hydrazine groups is 1. The van der Waals surface area contributed by atoms with Crippen LogP contribution < -0.4 is 10.2 Å². The molecule has 7 heteroatoms. The summed E-state index contributed by atoms with van der Waals surface area (Å²) in [6.07, 6.45) is 0.274. The van der Waals surface area contributed by atoms with Crippen LogP contribution >= 0.6 is 23.2 Å². The van der Waals surface area contributed by atoms with Gasteiger partial charge in [-0.3, -0.25) is 9.80 Å². The van der Waals surface area contributed by atoms with Crippen molar-refractivity contribution in [3.8, 4) is 5.75 Å². The van der Waals surface area contributed by atoms with E-state index in [4.69, 9.17) is 27.9 Å². The number of benzene rings is 2. The molecule has 0 saturated heterocycles. The molecular weight excluding hydrogens is 423 g/mol. The first-order chi connectivity index (χ1) is 14.1. The zero-order valence-electron chi connectivity index (χ0n) is 17.9. The lowest BCUT2D eigenvalue weighted by Crippen LogP contribution is -2.50. The Balaban J connectivity index is 2.17. The van der Waals surface area contributed by atoms with Gasteiger partial charge < -0.3 is 9.84 Å². The van der Waals surface area contributed by atoms with Crippen molar-refractivity contribution in [2.45, 2.75) is 45.6 Å². The molecule has 1 amide bonds. The Kier molecular flexibility index (Phi) is 8.98. The minimum atomic E-state index is -0.394. The fourth-order valence-corrected chi connectivity index (χ4v) is 3.39. The molecule has 0 heterocycles. The predicted octanol–water partition coefficient (Wildman–Crippen LogP) is 4.63. The summed E-state index contributed by atoms with van der Waals surface area (Å²) in [7, 11) is 0. The number of rotatable bonds is 10. The Hall–Kier alpha value is -1.79. The number of amides is 1. The van der Waals surface area contributed by atoms with Crippen LogP contribution in [0.4, 0.5) is 0 Å². The second-order valence-corrected chi connectivity index (χ2v) is 8.93. The summed E-state index contributed by atoms with van der Waals surface area (Å²) < 4.78 is 5.72. The highest BCUT2D eigenvalue weighted by Crippen LogP contribution is 2.30. The number of hydrogen-bond acceptors (Lipinski definition) is 4. The summed E-state index contributed by atoms with van der Waals surface area (Å²) in [6.45, 7) is 8.59. The van der Waals surface area contributed by atoms with Crippen LogP contribution in [0.2, 0.25) is 10.0 Å². The van der Waals surface area contributed by atoms with Crippen LogP contribution in [-0.2, 0) is 16.6 Å². The Morgan fingerprint density at radius 2 is 1.90 bits per heavy atom. The number of aliphatic hydroxyl groups is 1. The van der Waals surface area contributed by atoms with Gasteiger partial charge in [0.1, 0.15) is 5.75 Å². The molecule has 0 spiro atoms. The van der Waals surface area contributed by atoms with E-state index in [0.717, 1.165) is 16.9 Å². The van der Waals surface area contributed by atoms with E-state index in [9.17, 15) is 9.90 Å². The number of carbonyl (C=O) groups excluding carboxylic acids is 1. The zero-order valence-corrected chi connectivity index (χ0v) is 19.4. The maximum absolute atomic E-state index is 13.1. The molecule has 164 valence electrons. The van der Waals surface area contributed by atoms with Gasteiger partial charge in [0.05, 0.1) is 29.2 Å². The largest absolute Gasteiger partial charge is 0.491 e. The fourth-order valence-electron chi connectivity index (χ4n) is 3.09. The van der Waals surface area contributed by atoms with Crippen LogP contribution in [0.25, 0.3) is 0 Å². The van der Waals surface area contributed by atoms with Crippen LogP contribution in [0.3, 0.4) is 0 Å². The van der Waals surface area contributed by atoms with Gasteiger partial charge in [0.25, 0.3) is 0 Å². The van der Waals surface area contributed by atoms with Gasteiger partial charge in [0.15, 0.2) is 0 Å². The van der Waals surface area contributed by atoms with E-state index >= 15 is 0 Å². The highest BCUT2D eigenvalue weighted by Gasteiger charge is 2.27. The smallest absolute Gasteiger partial charge is 0.241 e. The molecule has 2 aromatic carbocycles. The van der Waals surface area contributed by atoms with Crippen molar-refractivity contribution in [2.75, 3.05) is 19.7 Å². The number of nitrogens with one attached hydrogen (secondary N) is 1. The first-order valence-electron chi connectivity index (χ1n) is 9.98. The molecule has 0 bridgehead atoms. The van der Waals surface area contributed by atoms with Crippen molar-refractivity contribution in [2.24, 2.45) is 0 Å². The van der Waals surface area contributed by atoms with Crippen LogP contribution in [0, 0.1) is 0 Å². The molecule has 5 nitrogen and oxygen atoms in total. The minimum Gasteiger partial charge on any atom is -0.491 e. The molecule has 2 aromatic rings. The molecule has 0 radical (unpaired) electrons. The summed E-state index contributed by atoms with van der Waals surface area (Å²) in [6, 6.07) is 13.0. The number of ether oxygens (including phenoxy) is 1. The van der Waals surface area contributed by atoms with E-state index in [1.165, 1.54) is 0 Å². The highest BCUT2D eigenvalue weighted by atomic mass is 35.5. The maximum Gasteiger partial charge on any atom is 0.241 e. The van der Waals surface area contributed by atoms with Crippen molar-refractivity contribution in [1.82, 2.24) is 10.4 Å². The monoisotopic (exact) mass is 452 g/mol. The van der Waals surface area contributed by atoms with Gasteiger partial charge in [-0.05, 0) is 49.2 Å². The lowest BCUT2D eigenvalue weighted by molar-refractivity contribution is -0.134. The average Bonchev–Trinajstić information content (AvgIpc) is 2.66. The van der Waals surface area contributed by atoms with Crippen molar-refractivity contribution in [3.05, 3.63) is 63.6 Å². The fraction of sp³-hybridized carbons (Fsp3) is 0.435. The van der Waals surface area contributed by atoms with Crippen molar-refractivity contribution >= 4 is 29.1 Å². The number of aliphatic hydroxyl groups excluding tert-OH is 1. The minimum absolute atomic E-state index is 0.0608. The van der Waals surface area contributed by atoms with Gasteiger partial charge in [-0.25, -0.2) is 5.43 Å². The van der Waals surface area contributed by atoms with Crippen LogP contribution in [0.15, 0.2) is 42.5 Å². The summed E-state index contributed by atoms with van der Waals surface area (Å²) in [5, 5.41) is 11.8. The highest BCUT2D eigenvalue weighted by molar-refractivity contribution is 6.42. The van der Waals surface area contributed by atoms with E-state index in [1.807, 2.05) is 64.1 Å². The van der Waals surface area contributed by atoms with Gasteiger partial charge in [0.2, 0.25) is 5.91 Å². The lowest BCUT2D eigenvalue weighted by atomic mass is 9.84. The Labute approximate surface area is 188 Å². The quantitative estimate of drug-likeness (QED) is 0.515. The standard InChI is InChI=1S/C23H30Cl2N2O3/c1-16(2)30-19-7-5-6-17(12-19)13-22(29)27(26-10-11-28)15-23(3,4)18-8-9-20(24)21(25)14-18/h5-9,12,14,16,26,28H,10-11,13,15H2,1-4H3. The van der Waals surface area contributed by atoms with Crippen LogP contribution in [0.5, 0.6) is 5.75 Å². The molecule has 0 aliphatic heterocycles. The normalized spacial score (nSPS) is 11.6. The van der Waals surface area contributed by atoms with E-state index < -0.39 is 5.41 Å². The van der Waals surface area contributed by atoms with E-state index in [0.29, 0.717) is 16.6 Å². The summed E-state index contributed by atoms with van der Waals surface area (Å²) >= 11 is 12.2. The third kappa shape index (κ3) is 7.17. The third-order valence-corrected chi connectivity index (χ3v) is 5.33. The number of halogens is 2. The lowest BCUT2D eigenvalue weighted by Gasteiger charge is -2.33. The maximum atomic E-state index is 13.1. The molecule has 0 aliphatic carbocycles. The van der Waals surface area contributed by atoms with E-state index in [-0.39, 0.29) is 31.6 Å². The number of hydrogen-bond donors (Lipinski definition) is 2. The second kappa shape index (κ2) is 11.0. The SMILES string of the molecule is CC(C)Oc1cccc(CC(=O)N(CC(C)(C)c2ccc(Cl)c(Cl)c2)NCCO)c1. The van der Waals surface area contributed by atoms with Crippen LogP contribution in [-0.4, -0.2) is 41.8 Å². The molecule has 0 fully saturated rings. The first kappa shape index (κ1) is 24.5. The molecule has 0 aliphatic rings. The zero-order chi connectivity index (χ0) is 22.3. The van der Waals surface area contributed by atoms with Gasteiger partial charge in [-0.2, -0.15) is 0 Å². The van der Waals surface area contributed by atoms with Crippen molar-refractivity contribution in [1.29, 1.82) is 0 Å². The number of nitrogens with zero attached hydrogens (tertiary/aromatic N) is 1. The van der Waals surface area contributed by atoms with E-state index in [2.05, 4.69) is 5.43 Å². The number of carbonyl (C=O) groups is 1. The molecule has 2 rings (SSSR count). The summed E-state index contributed by atoms with van der Waals surface area (Å²) in [5.74, 6) is 0.639. The van der Waals surface area contributed by atoms with Gasteiger partial charge in [-0.15, -0.1) is 0 Å². The Bertz CT molecular complexity index is 856. The average molecular weight is 453 g/mol. The van der Waals surface area contributed by atoms with Gasteiger partial charge >= 0.3 is 0 Å². The molecular formula is C23H30Cl2N2O3. The van der Waals surface area contributed by atoms with Crippen molar-refractivity contribution < 1.29 is 14.6 Å². The van der Waals surface area contributed by atoms with Crippen molar-refractivity contribution in [3.63, 3.8) is 0 Å². The third-order valence-electron chi connectivity index (χ3n) is 4.60. The molecule has 0 atom stereocenters. The summed E-state index contributed by atoms with van der Waals surface area (Å²) in [4.78, 5) is 13.1. The van der Waals surface area contributed by atoms with Gasteiger partial charge in [-0.1, -0.05) is 55.2 Å². The molecule has 30 heavy (non-hydrogen) atoms. The molecule has 0 unspecified atom stereocenters. The topological polar surface area (TPSA) is 61.8 Å². The molecule has 2 N–H and O–H groups in total.